The standard InChI is InChI=1S/2C23H22NO.2CH3.2ClH.Si.Zr/c2*1-14-9-19-11-20(22-8-7-15(2)25-22)12-21(19)23(16(14)3)18-6-4-5-17(10-18)13-24;;;;;;/h2*4-12H,13,24H2,1-3H3;2*1H3;2*1H;;/q4*-1;;;;. The number of nitrogens with two attached hydrogens (primary N) is 2. The molecule has 292 valence electrons. The predicted molar refractivity (Wildman–Crippen MR) is 243 cm³/mol. The number of fused-ring (bicyclic) bond motifs is 2. The van der Waals surface area contributed by atoms with Crippen molar-refractivity contribution in [3.63, 3.8) is 0 Å². The zero-order valence-corrected chi connectivity index (χ0v) is 38.7. The van der Waals surface area contributed by atoms with Gasteiger partial charge in [-0.15, -0.1) is 82.8 Å². The first kappa shape index (κ1) is 48.4. The molecule has 2 aromatic heterocycles. The molecule has 0 fully saturated rings. The molecule has 0 amide bonds. The van der Waals surface area contributed by atoms with Gasteiger partial charge in [0.2, 0.25) is 0 Å². The van der Waals surface area contributed by atoms with Crippen molar-refractivity contribution >= 4 is 53.2 Å². The second-order valence-corrected chi connectivity index (χ2v) is 13.5. The van der Waals surface area contributed by atoms with Crippen LogP contribution in [0.3, 0.4) is 0 Å². The molecule has 8 heteroatoms. The predicted octanol–water partition coefficient (Wildman–Crippen LogP) is 13.1. The Balaban J connectivity index is 0.000000347. The second kappa shape index (κ2) is 21.1. The van der Waals surface area contributed by atoms with E-state index in [1.807, 2.05) is 38.1 Å². The van der Waals surface area contributed by atoms with Gasteiger partial charge in [0.1, 0.15) is 0 Å². The normalized spacial score (nSPS) is 10.2. The van der Waals surface area contributed by atoms with Crippen molar-refractivity contribution in [3.05, 3.63) is 169 Å². The molecule has 2 radical (unpaired) electrons. The molecular formula is C48H52Cl2N2O2SiZr-4. The van der Waals surface area contributed by atoms with E-state index in [9.17, 15) is 0 Å². The Morgan fingerprint density at radius 1 is 0.536 bits per heavy atom. The number of rotatable bonds is 6. The van der Waals surface area contributed by atoms with Crippen LogP contribution in [0.2, 0.25) is 0 Å². The van der Waals surface area contributed by atoms with Crippen LogP contribution in [0, 0.1) is 56.4 Å². The van der Waals surface area contributed by atoms with Gasteiger partial charge >= 0.3 is 30.2 Å². The maximum absolute atomic E-state index is 5.85. The SMILES string of the molecule is Cc1ccc(-c2cc3c(-c4cccc(CN)c4)c(C)c(C)cc3[cH-]2)o1.Cc1ccc(-c2cc3c(-c4cccc(CN)c4)c(C)c(C)cc3[cH-]2)o1.Cl.Cl.[CH3-].[CH3-].[Si]=[Zr]. The van der Waals surface area contributed by atoms with Crippen LogP contribution in [0.1, 0.15) is 44.9 Å². The average molecular weight is 879 g/mol. The molecule has 0 spiro atoms. The molecule has 0 atom stereocenters. The summed E-state index contributed by atoms with van der Waals surface area (Å²) >= 11 is 1.36. The summed E-state index contributed by atoms with van der Waals surface area (Å²) in [5, 5.41) is 5.03. The summed E-state index contributed by atoms with van der Waals surface area (Å²) in [7, 11) is 0. The van der Waals surface area contributed by atoms with E-state index in [0.717, 1.165) is 45.3 Å². The number of halogens is 2. The van der Waals surface area contributed by atoms with E-state index in [-0.39, 0.29) is 39.7 Å². The van der Waals surface area contributed by atoms with Gasteiger partial charge in [0, 0.05) is 13.1 Å². The van der Waals surface area contributed by atoms with Gasteiger partial charge in [0.05, 0.1) is 23.0 Å². The van der Waals surface area contributed by atoms with E-state index in [0.29, 0.717) is 13.1 Å². The number of hydrogen-bond acceptors (Lipinski definition) is 4. The topological polar surface area (TPSA) is 78.3 Å². The molecule has 0 aliphatic heterocycles. The van der Waals surface area contributed by atoms with Crippen molar-refractivity contribution in [1.82, 2.24) is 0 Å². The van der Waals surface area contributed by atoms with E-state index >= 15 is 0 Å². The van der Waals surface area contributed by atoms with Gasteiger partial charge in [-0.3, -0.25) is 0 Å². The summed E-state index contributed by atoms with van der Waals surface area (Å²) in [4.78, 5) is 0. The molecule has 6 aromatic carbocycles. The van der Waals surface area contributed by atoms with Crippen LogP contribution in [0.4, 0.5) is 0 Å². The third kappa shape index (κ3) is 10.0. The van der Waals surface area contributed by atoms with E-state index in [1.54, 1.807) is 0 Å². The van der Waals surface area contributed by atoms with Gasteiger partial charge in [-0.1, -0.05) is 81.9 Å². The fourth-order valence-corrected chi connectivity index (χ4v) is 7.12. The van der Waals surface area contributed by atoms with Gasteiger partial charge in [0.15, 0.2) is 0 Å². The summed E-state index contributed by atoms with van der Waals surface area (Å²) < 4.78 is 11.7. The molecule has 0 saturated carbocycles. The monoisotopic (exact) mass is 876 g/mol. The third-order valence-electron chi connectivity index (χ3n) is 10.0. The molecule has 4 nitrogen and oxygen atoms in total. The number of aryl methyl sites for hydroxylation is 4. The van der Waals surface area contributed by atoms with Crippen molar-refractivity contribution in [2.75, 3.05) is 0 Å². The van der Waals surface area contributed by atoms with Crippen LogP contribution in [-0.2, 0) is 36.4 Å². The molecule has 56 heavy (non-hydrogen) atoms. The molecule has 8 rings (SSSR count). The molecule has 0 saturated heterocycles. The summed E-state index contributed by atoms with van der Waals surface area (Å²) in [6.45, 7) is 16.9. The number of hydrogen-bond donors (Lipinski definition) is 2. The Morgan fingerprint density at radius 3 is 1.23 bits per heavy atom. The molecule has 4 N–H and O–H groups in total. The molecule has 8 aromatic rings. The van der Waals surface area contributed by atoms with Gasteiger partial charge in [-0.2, -0.15) is 0 Å². The Hall–Kier alpha value is -3.74. The average Bonchev–Trinajstić information content (AvgIpc) is 3.97. The second-order valence-electron chi connectivity index (χ2n) is 13.5. The zero-order chi connectivity index (χ0) is 37.1. The van der Waals surface area contributed by atoms with Crippen molar-refractivity contribution in [2.24, 2.45) is 11.5 Å². The van der Waals surface area contributed by atoms with Crippen LogP contribution in [-0.4, -0.2) is 6.88 Å². The van der Waals surface area contributed by atoms with Gasteiger partial charge in [-0.05, 0) is 99.2 Å². The zero-order valence-electron chi connectivity index (χ0n) is 33.6. The molecule has 0 aliphatic carbocycles. The molecule has 0 unspecified atom stereocenters. The van der Waals surface area contributed by atoms with Gasteiger partial charge < -0.3 is 35.2 Å². The molecule has 0 aliphatic rings. The minimum atomic E-state index is 0. The first-order chi connectivity index (χ1) is 25.1. The van der Waals surface area contributed by atoms with Crippen molar-refractivity contribution in [1.29, 1.82) is 0 Å². The number of benzene rings is 4. The Kier molecular flexibility index (Phi) is 18.3. The summed E-state index contributed by atoms with van der Waals surface area (Å²) in [6, 6.07) is 38.6. The van der Waals surface area contributed by atoms with E-state index in [1.165, 1.54) is 89.4 Å². The summed E-state index contributed by atoms with van der Waals surface area (Å²) in [5.74, 6) is 3.71. The van der Waals surface area contributed by atoms with E-state index in [4.69, 9.17) is 20.3 Å². The van der Waals surface area contributed by atoms with Crippen molar-refractivity contribution in [3.8, 4) is 44.9 Å². The fraction of sp³-hybridized carbons (Fsp3) is 0.167. The third-order valence-corrected chi connectivity index (χ3v) is 10.0. The van der Waals surface area contributed by atoms with Crippen molar-refractivity contribution < 1.29 is 32.2 Å². The van der Waals surface area contributed by atoms with Crippen LogP contribution >= 0.6 is 24.8 Å². The van der Waals surface area contributed by atoms with Crippen molar-refractivity contribution in [2.45, 2.75) is 54.6 Å². The first-order valence-electron chi connectivity index (χ1n) is 17.5. The van der Waals surface area contributed by atoms with E-state index in [2.05, 4.69) is 120 Å². The number of furan rings is 2. The van der Waals surface area contributed by atoms with Gasteiger partial charge in [-0.25, -0.2) is 0 Å². The minimum absolute atomic E-state index is 0. The van der Waals surface area contributed by atoms with E-state index < -0.39 is 0 Å². The van der Waals surface area contributed by atoms with Crippen LogP contribution in [0.5, 0.6) is 0 Å². The molecule has 0 bridgehead atoms. The quantitative estimate of drug-likeness (QED) is 0.129. The van der Waals surface area contributed by atoms with Crippen LogP contribution < -0.4 is 11.5 Å². The Bertz CT molecular complexity index is 2350. The fourth-order valence-electron chi connectivity index (χ4n) is 7.12. The molecular weight excluding hydrogens is 827 g/mol. The summed E-state index contributed by atoms with van der Waals surface area (Å²) in [6.07, 6.45) is 0. The summed E-state index contributed by atoms with van der Waals surface area (Å²) in [5.41, 5.74) is 26.5. The first-order valence-corrected chi connectivity index (χ1v) is 21.7. The maximum atomic E-state index is 5.85. The Morgan fingerprint density at radius 2 is 0.911 bits per heavy atom. The van der Waals surface area contributed by atoms with Crippen LogP contribution in [0.15, 0.2) is 118 Å². The Labute approximate surface area is 362 Å². The van der Waals surface area contributed by atoms with Crippen LogP contribution in [0.25, 0.3) is 66.4 Å². The molecule has 2 heterocycles. The van der Waals surface area contributed by atoms with Gasteiger partial charge in [0.25, 0.3) is 0 Å².